The van der Waals surface area contributed by atoms with Gasteiger partial charge in [-0.2, -0.15) is 4.98 Å². The molecule has 0 amide bonds. The van der Waals surface area contributed by atoms with E-state index in [1.54, 1.807) is 15.9 Å². The number of thioether (sulfide) groups is 1. The fraction of sp³-hybridized carbons (Fsp3) is 0.450. The molecule has 4 aromatic heterocycles. The number of nitrogens with zero attached hydrogens (tertiary/aromatic N) is 5. The highest BCUT2D eigenvalue weighted by Crippen LogP contribution is 2.37. The van der Waals surface area contributed by atoms with Gasteiger partial charge in [0.25, 0.3) is 11.3 Å². The maximum absolute atomic E-state index is 12.9. The van der Waals surface area contributed by atoms with E-state index in [0.717, 1.165) is 40.9 Å². The third-order valence-corrected chi connectivity index (χ3v) is 7.56. The van der Waals surface area contributed by atoms with Gasteiger partial charge < -0.3 is 4.98 Å². The van der Waals surface area contributed by atoms with Gasteiger partial charge in [0.05, 0.1) is 10.6 Å². The van der Waals surface area contributed by atoms with Crippen molar-refractivity contribution in [2.75, 3.05) is 0 Å². The number of H-pyrrole nitrogens is 1. The molecular weight excluding hydrogens is 404 g/mol. The summed E-state index contributed by atoms with van der Waals surface area (Å²) in [6.45, 7) is 8.22. The van der Waals surface area contributed by atoms with Crippen LogP contribution in [0.4, 0.5) is 0 Å². The lowest BCUT2D eigenvalue weighted by Gasteiger charge is -2.17. The molecule has 29 heavy (non-hydrogen) atoms. The zero-order valence-electron chi connectivity index (χ0n) is 16.8. The second kappa shape index (κ2) is 6.91. The summed E-state index contributed by atoms with van der Waals surface area (Å²) in [5.41, 5.74) is 3.09. The molecule has 1 aliphatic carbocycles. The first-order chi connectivity index (χ1) is 13.9. The highest BCUT2D eigenvalue weighted by Gasteiger charge is 2.24. The van der Waals surface area contributed by atoms with Crippen LogP contribution in [0.2, 0.25) is 0 Å². The van der Waals surface area contributed by atoms with Gasteiger partial charge in [-0.1, -0.05) is 18.7 Å². The summed E-state index contributed by atoms with van der Waals surface area (Å²) in [4.78, 5) is 31.8. The SMILES string of the molecule is Cc1cc(C)n2nc(S[C@@H](C)c3nc4sc5c(c4c(=O)[nH]3)CC[C@H](C)C5)nc2n1. The summed E-state index contributed by atoms with van der Waals surface area (Å²) in [6.07, 6.45) is 3.16. The van der Waals surface area contributed by atoms with Crippen LogP contribution in [0.5, 0.6) is 0 Å². The Morgan fingerprint density at radius 2 is 2.14 bits per heavy atom. The predicted molar refractivity (Wildman–Crippen MR) is 116 cm³/mol. The lowest BCUT2D eigenvalue weighted by molar-refractivity contribution is 0.509. The molecule has 4 aromatic rings. The van der Waals surface area contributed by atoms with E-state index in [4.69, 9.17) is 4.98 Å². The Hall–Kier alpha value is -2.26. The molecule has 0 saturated carbocycles. The number of aromatic nitrogens is 6. The van der Waals surface area contributed by atoms with Gasteiger partial charge in [0, 0.05) is 16.3 Å². The third-order valence-electron chi connectivity index (χ3n) is 5.45. The van der Waals surface area contributed by atoms with E-state index in [-0.39, 0.29) is 10.8 Å². The van der Waals surface area contributed by atoms with Crippen molar-refractivity contribution in [1.29, 1.82) is 0 Å². The molecule has 9 heteroatoms. The van der Waals surface area contributed by atoms with Crippen LogP contribution in [0, 0.1) is 19.8 Å². The van der Waals surface area contributed by atoms with E-state index in [0.29, 0.717) is 22.7 Å². The van der Waals surface area contributed by atoms with E-state index in [1.165, 1.54) is 22.2 Å². The quantitative estimate of drug-likeness (QED) is 0.498. The number of fused-ring (bicyclic) bond motifs is 4. The van der Waals surface area contributed by atoms with Crippen molar-refractivity contribution in [2.24, 2.45) is 5.92 Å². The van der Waals surface area contributed by atoms with Crippen molar-refractivity contribution >= 4 is 39.1 Å². The van der Waals surface area contributed by atoms with E-state index in [2.05, 4.69) is 27.0 Å². The first kappa shape index (κ1) is 18.7. The minimum atomic E-state index is -0.0797. The van der Waals surface area contributed by atoms with Gasteiger partial charge in [-0.3, -0.25) is 4.79 Å². The zero-order chi connectivity index (χ0) is 20.3. The molecule has 0 spiro atoms. The second-order valence-electron chi connectivity index (χ2n) is 7.89. The molecule has 2 atom stereocenters. The molecule has 1 aliphatic rings. The lowest BCUT2D eigenvalue weighted by atomic mass is 9.89. The molecule has 0 saturated heterocycles. The predicted octanol–water partition coefficient (Wildman–Crippen LogP) is 4.02. The van der Waals surface area contributed by atoms with Crippen molar-refractivity contribution < 1.29 is 0 Å². The van der Waals surface area contributed by atoms with E-state index >= 15 is 0 Å². The standard InChI is InChI=1S/C20H22N6OS2/c1-9-5-6-13-14(7-9)29-18-15(13)17(27)22-16(23-18)12(4)28-20-24-19-21-10(2)8-11(3)26(19)25-20/h8-9,12H,5-7H2,1-4H3,(H,22,23,27)/t9-,12-/m0/s1. The van der Waals surface area contributed by atoms with Crippen LogP contribution in [0.25, 0.3) is 16.0 Å². The molecular formula is C20H22N6OS2. The molecule has 0 radical (unpaired) electrons. The molecule has 0 bridgehead atoms. The van der Waals surface area contributed by atoms with Crippen LogP contribution in [-0.2, 0) is 12.8 Å². The smallest absolute Gasteiger partial charge is 0.259 e. The molecule has 150 valence electrons. The summed E-state index contributed by atoms with van der Waals surface area (Å²) in [7, 11) is 0. The highest BCUT2D eigenvalue weighted by molar-refractivity contribution is 7.99. The second-order valence-corrected chi connectivity index (χ2v) is 10.3. The maximum atomic E-state index is 12.9. The topological polar surface area (TPSA) is 88.8 Å². The van der Waals surface area contributed by atoms with Gasteiger partial charge in [-0.15, -0.1) is 16.4 Å². The number of aromatic amines is 1. The van der Waals surface area contributed by atoms with Crippen LogP contribution in [0.3, 0.4) is 0 Å². The highest BCUT2D eigenvalue weighted by atomic mass is 32.2. The Kier molecular flexibility index (Phi) is 4.47. The Balaban J connectivity index is 1.49. The van der Waals surface area contributed by atoms with Gasteiger partial charge in [0.15, 0.2) is 0 Å². The number of aryl methyl sites for hydroxylation is 3. The molecule has 7 nitrogen and oxygen atoms in total. The Morgan fingerprint density at radius 3 is 2.97 bits per heavy atom. The Morgan fingerprint density at radius 1 is 1.31 bits per heavy atom. The zero-order valence-corrected chi connectivity index (χ0v) is 18.4. The van der Waals surface area contributed by atoms with Crippen molar-refractivity contribution in [2.45, 2.75) is 57.4 Å². The minimum absolute atomic E-state index is 0.0272. The molecule has 0 aliphatic heterocycles. The van der Waals surface area contributed by atoms with Crippen molar-refractivity contribution in [3.8, 4) is 0 Å². The van der Waals surface area contributed by atoms with Crippen LogP contribution < -0.4 is 5.56 Å². The monoisotopic (exact) mass is 426 g/mol. The summed E-state index contributed by atoms with van der Waals surface area (Å²) < 4.78 is 1.75. The van der Waals surface area contributed by atoms with Crippen LogP contribution in [0.15, 0.2) is 16.0 Å². The number of thiophene rings is 1. The maximum Gasteiger partial charge on any atom is 0.259 e. The molecule has 0 fully saturated rings. The molecule has 0 aromatic carbocycles. The average molecular weight is 427 g/mol. The first-order valence-electron chi connectivity index (χ1n) is 9.81. The van der Waals surface area contributed by atoms with Crippen LogP contribution in [0.1, 0.15) is 53.2 Å². The summed E-state index contributed by atoms with van der Waals surface area (Å²) in [5, 5.41) is 5.89. The summed E-state index contributed by atoms with van der Waals surface area (Å²) >= 11 is 3.16. The van der Waals surface area contributed by atoms with E-state index in [1.807, 2.05) is 26.8 Å². The van der Waals surface area contributed by atoms with Gasteiger partial charge in [0.1, 0.15) is 10.7 Å². The van der Waals surface area contributed by atoms with E-state index < -0.39 is 0 Å². The Bertz CT molecular complexity index is 1300. The van der Waals surface area contributed by atoms with E-state index in [9.17, 15) is 4.79 Å². The fourth-order valence-corrected chi connectivity index (χ4v) is 6.16. The third kappa shape index (κ3) is 3.26. The molecule has 5 rings (SSSR count). The lowest BCUT2D eigenvalue weighted by Crippen LogP contribution is -2.15. The minimum Gasteiger partial charge on any atom is -0.309 e. The van der Waals surface area contributed by atoms with Crippen LogP contribution >= 0.6 is 23.1 Å². The molecule has 1 N–H and O–H groups in total. The van der Waals surface area contributed by atoms with Crippen molar-refractivity contribution in [3.63, 3.8) is 0 Å². The van der Waals surface area contributed by atoms with Gasteiger partial charge in [-0.05, 0) is 57.6 Å². The van der Waals surface area contributed by atoms with Gasteiger partial charge >= 0.3 is 0 Å². The fourth-order valence-electron chi connectivity index (χ4n) is 3.97. The molecule has 0 unspecified atom stereocenters. The summed E-state index contributed by atoms with van der Waals surface area (Å²) in [5.74, 6) is 1.93. The average Bonchev–Trinajstić information content (AvgIpc) is 3.21. The Labute approximate surface area is 176 Å². The summed E-state index contributed by atoms with van der Waals surface area (Å²) in [6, 6.07) is 1.98. The number of hydrogen-bond acceptors (Lipinski definition) is 7. The number of rotatable bonds is 3. The van der Waals surface area contributed by atoms with Crippen molar-refractivity contribution in [3.05, 3.63) is 44.1 Å². The number of hydrogen-bond donors (Lipinski definition) is 1. The largest absolute Gasteiger partial charge is 0.309 e. The van der Waals surface area contributed by atoms with Gasteiger partial charge in [-0.25, -0.2) is 14.5 Å². The number of nitrogens with one attached hydrogen (secondary N) is 1. The first-order valence-corrected chi connectivity index (χ1v) is 11.5. The van der Waals surface area contributed by atoms with Crippen molar-refractivity contribution in [1.82, 2.24) is 29.5 Å². The van der Waals surface area contributed by atoms with Gasteiger partial charge in [0.2, 0.25) is 5.16 Å². The van der Waals surface area contributed by atoms with Crippen LogP contribution in [-0.4, -0.2) is 29.5 Å². The molecule has 4 heterocycles. The normalized spacial score (nSPS) is 17.7.